The lowest BCUT2D eigenvalue weighted by atomic mass is 10.1. The summed E-state index contributed by atoms with van der Waals surface area (Å²) in [5.74, 6) is -2.43. The first-order valence-corrected chi connectivity index (χ1v) is 46.0. The summed E-state index contributed by atoms with van der Waals surface area (Å²) >= 11 is 13.3. The van der Waals surface area contributed by atoms with Crippen molar-refractivity contribution in [2.75, 3.05) is 97.5 Å². The van der Waals surface area contributed by atoms with Crippen molar-refractivity contribution in [3.05, 3.63) is 212 Å². The average Bonchev–Trinajstić information content (AvgIpc) is 0.780. The van der Waals surface area contributed by atoms with Crippen LogP contribution in [0.25, 0.3) is 44.5 Å². The fourth-order valence-corrected chi connectivity index (χ4v) is 13.7. The fraction of sp³-hybridized carbons (Fsp3) is 0.300. The third kappa shape index (κ3) is 34.0. The van der Waals surface area contributed by atoms with Crippen LogP contribution in [0.1, 0.15) is 103 Å². The second-order valence-electron chi connectivity index (χ2n) is 24.8. The lowest BCUT2D eigenvalue weighted by molar-refractivity contribution is 0.202. The Balaban J connectivity index is 0.000000219. The van der Waals surface area contributed by atoms with Crippen LogP contribution in [-0.2, 0) is 40.8 Å². The van der Waals surface area contributed by atoms with Gasteiger partial charge in [-0.15, -0.1) is 0 Å². The van der Waals surface area contributed by atoms with Crippen molar-refractivity contribution >= 4 is 128 Å². The minimum Gasteiger partial charge on any atom is -0.473 e. The fourth-order valence-electron chi connectivity index (χ4n) is 9.37. The molecule has 0 aliphatic rings. The highest BCUT2D eigenvalue weighted by Crippen LogP contribution is 2.39. The molecular weight excluding hydrogens is 2000 g/mol. The maximum absolute atomic E-state index is 12.7. The Bertz CT molecular complexity index is 7020. The highest BCUT2D eigenvalue weighted by atomic mass is 79.9. The van der Waals surface area contributed by atoms with E-state index >= 15 is 0 Å². The molecule has 0 atom stereocenters. The van der Waals surface area contributed by atoms with E-state index in [0.29, 0.717) is 43.2 Å². The number of anilines is 4. The number of hydrogen-bond donors (Lipinski definition) is 8. The Hall–Kier alpha value is -11.3. The van der Waals surface area contributed by atoms with Crippen molar-refractivity contribution in [3.63, 3.8) is 0 Å². The molecule has 0 spiro atoms. The molecule has 680 valence electrons. The number of ether oxygens (including phenoxy) is 8. The maximum atomic E-state index is 12.7. The van der Waals surface area contributed by atoms with Gasteiger partial charge < -0.3 is 37.9 Å². The maximum Gasteiger partial charge on any atom is 0.316 e. The predicted molar refractivity (Wildman–Crippen MR) is 495 cm³/mol. The van der Waals surface area contributed by atoms with Gasteiger partial charge in [0.15, 0.2) is 23.3 Å². The number of nitrogens with zero attached hydrogens (tertiary/aromatic N) is 16. The molecule has 0 aliphatic carbocycles. The van der Waals surface area contributed by atoms with E-state index in [1.54, 1.807) is 124 Å². The third-order valence-electron chi connectivity index (χ3n) is 14.9. The van der Waals surface area contributed by atoms with Crippen LogP contribution in [0.3, 0.4) is 0 Å². The number of halogens is 4. The monoisotopic (exact) mass is 2110 g/mol. The van der Waals surface area contributed by atoms with Crippen LogP contribution in [0, 0.1) is 27.7 Å². The van der Waals surface area contributed by atoms with Gasteiger partial charge in [0.2, 0.25) is 23.5 Å². The summed E-state index contributed by atoms with van der Waals surface area (Å²) in [6.07, 6.45) is 12.9. The first-order valence-electron chi connectivity index (χ1n) is 46.9. The molecular formula is C80H92Br4N24O16S4. The van der Waals surface area contributed by atoms with E-state index < -0.39 is 143 Å². The Morgan fingerprint density at radius 1 is 0.289 bits per heavy atom. The zero-order chi connectivity index (χ0) is 110. The minimum atomic E-state index is -4.70. The summed E-state index contributed by atoms with van der Waals surface area (Å²) in [5.41, 5.74) is 4.33. The molecule has 0 radical (unpaired) electrons. The number of aryl methyl sites for hydroxylation is 4. The van der Waals surface area contributed by atoms with Crippen LogP contribution in [0.2, 0.25) is 0 Å². The summed E-state index contributed by atoms with van der Waals surface area (Å²) in [7, 11) is -17.6. The topological polar surface area (TPSA) is 513 Å². The molecule has 0 aliphatic heterocycles. The van der Waals surface area contributed by atoms with Gasteiger partial charge in [-0.3, -0.25) is 18.9 Å². The summed E-state index contributed by atoms with van der Waals surface area (Å²) in [6, 6.07) is 24.8. The molecule has 12 aromatic rings. The lowest BCUT2D eigenvalue weighted by Crippen LogP contribution is -2.31. The van der Waals surface area contributed by atoms with E-state index in [1.807, 2.05) is 9.44 Å². The molecule has 0 amide bonds. The van der Waals surface area contributed by atoms with E-state index in [1.165, 1.54) is 75.6 Å². The zero-order valence-electron chi connectivity index (χ0n) is 88.2. The largest absolute Gasteiger partial charge is 0.473 e. The van der Waals surface area contributed by atoms with E-state index in [2.05, 4.69) is 167 Å². The van der Waals surface area contributed by atoms with Gasteiger partial charge in [-0.05, 0) is 146 Å². The highest BCUT2D eigenvalue weighted by Gasteiger charge is 2.26. The van der Waals surface area contributed by atoms with Crippen molar-refractivity contribution in [1.29, 1.82) is 0 Å². The normalized spacial score (nSPS) is 14.7. The smallest absolute Gasteiger partial charge is 0.316 e. The molecule has 0 saturated heterocycles. The zero-order valence-corrected chi connectivity index (χ0v) is 77.9. The summed E-state index contributed by atoms with van der Waals surface area (Å²) < 4.78 is 322. The van der Waals surface area contributed by atoms with Gasteiger partial charge in [-0.2, -0.15) is 52.6 Å². The van der Waals surface area contributed by atoms with Crippen LogP contribution in [-0.4, -0.2) is 192 Å². The van der Waals surface area contributed by atoms with Crippen LogP contribution in [0.15, 0.2) is 190 Å². The quantitative estimate of drug-likeness (QED) is 0.0176. The molecule has 128 heavy (non-hydrogen) atoms. The minimum absolute atomic E-state index is 0.00725. The number of benzene rings is 4. The first kappa shape index (κ1) is 74.6. The number of aromatic nitrogens is 16. The molecule has 0 saturated carbocycles. The molecule has 40 nitrogen and oxygen atoms in total. The van der Waals surface area contributed by atoms with Crippen LogP contribution in [0.4, 0.5) is 23.3 Å². The summed E-state index contributed by atoms with van der Waals surface area (Å²) in [6.45, 7) is -13.3. The van der Waals surface area contributed by atoms with Gasteiger partial charge in [0, 0.05) is 104 Å². The third-order valence-corrected chi connectivity index (χ3v) is 20.6. The predicted octanol–water partition coefficient (Wildman–Crippen LogP) is 12.5. The molecule has 48 heteroatoms. The highest BCUT2D eigenvalue weighted by molar-refractivity contribution is 9.11. The van der Waals surface area contributed by atoms with Crippen molar-refractivity contribution in [2.45, 2.75) is 81.0 Å². The molecule has 12 rings (SSSR count). The Labute approximate surface area is 803 Å². The number of nitrogens with one attached hydrogen (secondary N) is 8. The van der Waals surface area contributed by atoms with Crippen LogP contribution in [0.5, 0.6) is 47.6 Å². The van der Waals surface area contributed by atoms with E-state index in [4.69, 9.17) is 65.3 Å². The molecule has 4 aromatic carbocycles. The van der Waals surface area contributed by atoms with E-state index in [9.17, 15) is 33.7 Å². The molecule has 0 unspecified atom stereocenters. The second kappa shape index (κ2) is 51.0. The van der Waals surface area contributed by atoms with Gasteiger partial charge >= 0.3 is 24.0 Å². The van der Waals surface area contributed by atoms with Gasteiger partial charge in [-0.1, -0.05) is 140 Å². The van der Waals surface area contributed by atoms with Crippen molar-refractivity contribution in [1.82, 2.24) is 98.6 Å². The van der Waals surface area contributed by atoms with Gasteiger partial charge in [0.25, 0.3) is 40.8 Å². The van der Waals surface area contributed by atoms with Crippen molar-refractivity contribution in [3.8, 4) is 92.1 Å². The Morgan fingerprint density at radius 2 is 0.523 bits per heavy atom. The first-order chi connectivity index (χ1) is 68.6. The molecule has 8 heterocycles. The molecule has 8 N–H and O–H groups in total. The van der Waals surface area contributed by atoms with Crippen molar-refractivity contribution < 1.29 is 99.0 Å². The van der Waals surface area contributed by atoms with Crippen LogP contribution < -0.4 is 75.7 Å². The molecule has 0 fully saturated rings. The number of rotatable bonds is 44. The molecule has 8 aromatic heterocycles. The average molecular weight is 2110 g/mol. The SMILES string of the molecule is [2H]C([2H])(CC)NS(=O)(=O)Nc1ncnc(OC([2H])([2H])C([2H])([2H])Oc2ncc(C)cn2)c1-c1ccc(Br)cc1.[2H]C([2H])(CC)NS(=O)(=O)Nc1ncnc(OCC([2H])([2H])Oc2ncc(C)cn2)c1-c1ccc(Br)cc1.[2H]C([2H])(COc1ncnc(NS(=O)(=O)NC([2H])([2H])C([2H])([2H])C)c1-c1ccc(Br)cc1)Oc1ncc(C)cn1.[2H]C([2H])(Oc1ncc(C)cn1)C([2H])([2H])Oc1ncnc(NS(=O)(=O)NCCC)c1-c1ccc(Br)cc1. The summed E-state index contributed by atoms with van der Waals surface area (Å²) in [4.78, 5) is 62.7. The Morgan fingerprint density at radius 3 is 0.773 bits per heavy atom. The summed E-state index contributed by atoms with van der Waals surface area (Å²) in [5, 5.41) is 0. The lowest BCUT2D eigenvalue weighted by Gasteiger charge is -2.15. The van der Waals surface area contributed by atoms with E-state index in [0.717, 1.165) is 52.3 Å². The van der Waals surface area contributed by atoms with E-state index in [-0.39, 0.29) is 94.3 Å². The van der Waals surface area contributed by atoms with Gasteiger partial charge in [-0.25, -0.2) is 79.7 Å². The van der Waals surface area contributed by atoms with Crippen molar-refractivity contribution in [2.24, 2.45) is 0 Å². The molecule has 0 bridgehead atoms. The Kier molecular flexibility index (Phi) is 29.7. The standard InChI is InChI=1S/4C20H23BrN6O4S/c4*1-3-8-26-32(28,29)27-18-17(15-4-6-16(21)7-5-15)19(25-13-24-18)30-9-10-31-20-22-11-14(2)12-23-20/h4*4-7,11-13,26H,3,8-10H2,1-2H3,(H,24,25,27)/i8D2,9D2,10D2;3D2,8D2,10D2;9D2,10D2;8D2,10D2. The van der Waals surface area contributed by atoms with Crippen LogP contribution >= 0.6 is 63.7 Å². The second-order valence-corrected chi connectivity index (χ2v) is 34.2. The van der Waals surface area contributed by atoms with Gasteiger partial charge in [0.05, 0.1) is 38.7 Å². The van der Waals surface area contributed by atoms with Gasteiger partial charge in [0.1, 0.15) is 77.9 Å². The number of hydrogen-bond acceptors (Lipinski definition) is 32.